The maximum Gasteiger partial charge on any atom is 0.308 e. The lowest BCUT2D eigenvalue weighted by Crippen LogP contribution is -2.40. The van der Waals surface area contributed by atoms with Crippen molar-refractivity contribution in [3.8, 4) is 5.75 Å². The second kappa shape index (κ2) is 9.95. The van der Waals surface area contributed by atoms with Crippen LogP contribution in [0.15, 0.2) is 78.9 Å². The molecule has 1 heterocycles. The van der Waals surface area contributed by atoms with Gasteiger partial charge in [0.2, 0.25) is 6.10 Å². The van der Waals surface area contributed by atoms with Crippen LogP contribution in [0.2, 0.25) is 0 Å². The quantitative estimate of drug-likeness (QED) is 0.555. The Bertz CT molecular complexity index is 1150. The van der Waals surface area contributed by atoms with Crippen LogP contribution in [0.4, 0.5) is 15.8 Å². The van der Waals surface area contributed by atoms with E-state index in [2.05, 4.69) is 5.32 Å². The smallest absolute Gasteiger partial charge is 0.308 e. The van der Waals surface area contributed by atoms with Gasteiger partial charge in [-0.3, -0.25) is 14.4 Å². The Hall–Kier alpha value is -4.20. The number of hydrogen-bond donors (Lipinski definition) is 1. The van der Waals surface area contributed by atoms with Crippen LogP contribution in [0.1, 0.15) is 18.1 Å². The molecule has 1 aliphatic heterocycles. The third-order valence-corrected chi connectivity index (χ3v) is 5.05. The van der Waals surface area contributed by atoms with Crippen molar-refractivity contribution in [2.75, 3.05) is 23.4 Å². The summed E-state index contributed by atoms with van der Waals surface area (Å²) in [7, 11) is 0. The summed E-state index contributed by atoms with van der Waals surface area (Å²) >= 11 is 0. The summed E-state index contributed by atoms with van der Waals surface area (Å²) in [6, 6.07) is 20.9. The van der Waals surface area contributed by atoms with E-state index in [-0.39, 0.29) is 25.5 Å². The second-order valence-electron chi connectivity index (χ2n) is 7.33. The Morgan fingerprint density at radius 2 is 1.70 bits per heavy atom. The molecule has 168 valence electrons. The van der Waals surface area contributed by atoms with Gasteiger partial charge in [0.1, 0.15) is 11.6 Å². The molecule has 2 amide bonds. The molecule has 0 fully saturated rings. The summed E-state index contributed by atoms with van der Waals surface area (Å²) in [6.07, 6.45) is -1.33. The molecule has 0 aromatic heterocycles. The topological polar surface area (TPSA) is 84.9 Å². The lowest BCUT2D eigenvalue weighted by atomic mass is 10.1. The van der Waals surface area contributed by atoms with Crippen LogP contribution in [-0.2, 0) is 19.1 Å². The highest BCUT2D eigenvalue weighted by Crippen LogP contribution is 2.31. The molecule has 3 aromatic rings. The van der Waals surface area contributed by atoms with Crippen molar-refractivity contribution in [3.05, 3.63) is 90.2 Å². The van der Waals surface area contributed by atoms with Crippen molar-refractivity contribution in [2.45, 2.75) is 12.5 Å². The largest absolute Gasteiger partial charge is 0.482 e. The number of fused-ring (bicyclic) bond motifs is 1. The monoisotopic (exact) mass is 448 g/mol. The van der Waals surface area contributed by atoms with E-state index in [1.807, 2.05) is 0 Å². The molecular formula is C25H21FN2O5. The molecule has 0 aliphatic carbocycles. The van der Waals surface area contributed by atoms with Crippen molar-refractivity contribution >= 4 is 29.2 Å². The lowest BCUT2D eigenvalue weighted by molar-refractivity contribution is -0.154. The first kappa shape index (κ1) is 22.0. The minimum atomic E-state index is -1.21. The summed E-state index contributed by atoms with van der Waals surface area (Å²) in [5.41, 5.74) is 1.43. The van der Waals surface area contributed by atoms with Crippen LogP contribution in [0, 0.1) is 5.82 Å². The van der Waals surface area contributed by atoms with Gasteiger partial charge in [-0.25, -0.2) is 4.39 Å². The molecular weight excluding hydrogens is 427 g/mol. The van der Waals surface area contributed by atoms with Gasteiger partial charge in [-0.05, 0) is 36.4 Å². The molecule has 1 N–H and O–H groups in total. The molecule has 7 nitrogen and oxygen atoms in total. The van der Waals surface area contributed by atoms with Gasteiger partial charge in [-0.15, -0.1) is 0 Å². The zero-order valence-corrected chi connectivity index (χ0v) is 17.6. The van der Waals surface area contributed by atoms with E-state index >= 15 is 0 Å². The van der Waals surface area contributed by atoms with Gasteiger partial charge in [-0.1, -0.05) is 42.5 Å². The normalized spacial score (nSPS) is 13.5. The van der Waals surface area contributed by atoms with E-state index < -0.39 is 23.8 Å². The maximum absolute atomic E-state index is 13.2. The number of amides is 2. The first-order valence-electron chi connectivity index (χ1n) is 10.3. The minimum absolute atomic E-state index is 0.0825. The number of hydrogen-bond acceptors (Lipinski definition) is 5. The molecule has 8 heteroatoms. The molecule has 0 spiro atoms. The maximum atomic E-state index is 13.2. The van der Waals surface area contributed by atoms with Gasteiger partial charge >= 0.3 is 5.97 Å². The van der Waals surface area contributed by atoms with E-state index in [1.165, 1.54) is 29.2 Å². The molecule has 0 saturated heterocycles. The second-order valence-corrected chi connectivity index (χ2v) is 7.33. The molecule has 33 heavy (non-hydrogen) atoms. The van der Waals surface area contributed by atoms with Gasteiger partial charge in [0.25, 0.3) is 11.8 Å². The number of carbonyl (C=O) groups excluding carboxylic acids is 3. The van der Waals surface area contributed by atoms with Crippen molar-refractivity contribution in [1.82, 2.24) is 0 Å². The number of halogens is 1. The Balaban J connectivity index is 1.45. The number of anilines is 2. The van der Waals surface area contributed by atoms with Crippen LogP contribution >= 0.6 is 0 Å². The summed E-state index contributed by atoms with van der Waals surface area (Å²) in [5, 5.41) is 2.63. The van der Waals surface area contributed by atoms with E-state index in [0.29, 0.717) is 22.7 Å². The van der Waals surface area contributed by atoms with Crippen molar-refractivity contribution in [3.63, 3.8) is 0 Å². The molecule has 0 radical (unpaired) electrons. The Morgan fingerprint density at radius 1 is 1.00 bits per heavy atom. The molecule has 0 bridgehead atoms. The molecule has 1 aliphatic rings. The lowest BCUT2D eigenvalue weighted by Gasteiger charge is -2.29. The van der Waals surface area contributed by atoms with Crippen LogP contribution in [0.5, 0.6) is 5.75 Å². The summed E-state index contributed by atoms with van der Waals surface area (Å²) in [6.45, 7) is -0.0299. The predicted octanol–water partition coefficient (Wildman–Crippen LogP) is 3.86. The number of para-hydroxylation sites is 2. The fraction of sp³-hybridized carbons (Fsp3) is 0.160. The zero-order valence-electron chi connectivity index (χ0n) is 17.6. The number of benzene rings is 3. The number of nitrogens with one attached hydrogen (secondary N) is 1. The summed E-state index contributed by atoms with van der Waals surface area (Å²) in [4.78, 5) is 39.3. The van der Waals surface area contributed by atoms with E-state index in [4.69, 9.17) is 9.47 Å². The standard InChI is InChI=1S/C25H21FN2O5/c26-18-10-12-19(13-11-18)27-25(31)24(17-6-2-1-3-7-17)33-23(30)14-15-28-20-8-4-5-9-21(20)32-16-22(28)29/h1-13,24H,14-16H2,(H,27,31). The molecule has 3 aromatic carbocycles. The predicted molar refractivity (Wildman–Crippen MR) is 119 cm³/mol. The van der Waals surface area contributed by atoms with E-state index in [9.17, 15) is 18.8 Å². The molecule has 4 rings (SSSR count). The number of ether oxygens (including phenoxy) is 2. The average Bonchev–Trinajstić information content (AvgIpc) is 2.84. The first-order chi connectivity index (χ1) is 16.0. The number of nitrogens with zero attached hydrogens (tertiary/aromatic N) is 1. The van der Waals surface area contributed by atoms with Gasteiger partial charge in [0.05, 0.1) is 12.1 Å². The fourth-order valence-electron chi connectivity index (χ4n) is 3.43. The van der Waals surface area contributed by atoms with Crippen LogP contribution in [-0.4, -0.2) is 30.9 Å². The number of rotatable bonds is 7. The van der Waals surface area contributed by atoms with Gasteiger partial charge < -0.3 is 19.7 Å². The third kappa shape index (κ3) is 5.35. The number of carbonyl (C=O) groups is 3. The Kier molecular flexibility index (Phi) is 6.64. The average molecular weight is 448 g/mol. The zero-order chi connectivity index (χ0) is 23.2. The SMILES string of the molecule is O=C(CCN1C(=O)COc2ccccc21)OC(C(=O)Nc1ccc(F)cc1)c1ccccc1. The highest BCUT2D eigenvalue weighted by atomic mass is 19.1. The van der Waals surface area contributed by atoms with Crippen LogP contribution in [0.3, 0.4) is 0 Å². The minimum Gasteiger partial charge on any atom is -0.482 e. The number of esters is 1. The highest BCUT2D eigenvalue weighted by molar-refractivity contribution is 5.98. The van der Waals surface area contributed by atoms with Crippen molar-refractivity contribution < 1.29 is 28.2 Å². The van der Waals surface area contributed by atoms with E-state index in [1.54, 1.807) is 54.6 Å². The first-order valence-corrected chi connectivity index (χ1v) is 10.3. The molecule has 1 unspecified atom stereocenters. The Labute approximate surface area is 189 Å². The molecule has 0 saturated carbocycles. The van der Waals surface area contributed by atoms with Gasteiger partial charge in [-0.2, -0.15) is 0 Å². The third-order valence-electron chi connectivity index (χ3n) is 5.05. The summed E-state index contributed by atoms with van der Waals surface area (Å²) < 4.78 is 24.1. The van der Waals surface area contributed by atoms with Crippen molar-refractivity contribution in [1.29, 1.82) is 0 Å². The van der Waals surface area contributed by atoms with Crippen LogP contribution in [0.25, 0.3) is 0 Å². The summed E-state index contributed by atoms with van der Waals surface area (Å²) in [5.74, 6) is -1.36. The highest BCUT2D eigenvalue weighted by Gasteiger charge is 2.28. The Morgan fingerprint density at radius 3 is 2.45 bits per heavy atom. The van der Waals surface area contributed by atoms with Gasteiger partial charge in [0.15, 0.2) is 6.61 Å². The van der Waals surface area contributed by atoms with Crippen molar-refractivity contribution in [2.24, 2.45) is 0 Å². The molecule has 1 atom stereocenters. The van der Waals surface area contributed by atoms with Crippen LogP contribution < -0.4 is 15.0 Å². The van der Waals surface area contributed by atoms with E-state index in [0.717, 1.165) is 0 Å². The fourth-order valence-corrected chi connectivity index (χ4v) is 3.43. The van der Waals surface area contributed by atoms with Gasteiger partial charge in [0, 0.05) is 17.8 Å².